The summed E-state index contributed by atoms with van der Waals surface area (Å²) in [7, 11) is -4.67. The zero-order chi connectivity index (χ0) is 9.47. The van der Waals surface area contributed by atoms with E-state index in [4.69, 9.17) is 0 Å². The molecular formula is C7H5FN2O2S. The fraction of sp³-hybridized carbons (Fsp3) is 0. The van der Waals surface area contributed by atoms with Crippen molar-refractivity contribution >= 4 is 15.7 Å². The fourth-order valence-electron chi connectivity index (χ4n) is 1.10. The molecule has 0 atom stereocenters. The van der Waals surface area contributed by atoms with Gasteiger partial charge in [0.2, 0.25) is 0 Å². The molecule has 2 heterocycles. The average Bonchev–Trinajstić information content (AvgIpc) is 2.45. The first-order chi connectivity index (χ1) is 6.09. The van der Waals surface area contributed by atoms with Crippen LogP contribution in [0.25, 0.3) is 5.52 Å². The SMILES string of the molecule is O=S(=O)(F)c1cnn2ccccc12. The molecule has 0 aromatic carbocycles. The number of hydrogen-bond acceptors (Lipinski definition) is 3. The molecule has 13 heavy (non-hydrogen) atoms. The number of hydrogen-bond donors (Lipinski definition) is 0. The first-order valence-corrected chi connectivity index (χ1v) is 4.84. The lowest BCUT2D eigenvalue weighted by Crippen LogP contribution is -1.90. The highest BCUT2D eigenvalue weighted by Crippen LogP contribution is 2.17. The maximum Gasteiger partial charge on any atom is 0.335 e. The molecule has 6 heteroatoms. The van der Waals surface area contributed by atoms with Crippen LogP contribution in [0.5, 0.6) is 0 Å². The first kappa shape index (κ1) is 8.18. The number of pyridine rings is 1. The largest absolute Gasteiger partial charge is 0.335 e. The van der Waals surface area contributed by atoms with Crippen LogP contribution in [0.2, 0.25) is 0 Å². The second-order valence-electron chi connectivity index (χ2n) is 2.48. The predicted octanol–water partition coefficient (Wildman–Crippen LogP) is 0.992. The maximum absolute atomic E-state index is 12.6. The van der Waals surface area contributed by atoms with Crippen LogP contribution in [-0.4, -0.2) is 18.0 Å². The van der Waals surface area contributed by atoms with Crippen molar-refractivity contribution in [1.29, 1.82) is 0 Å². The van der Waals surface area contributed by atoms with Gasteiger partial charge in [-0.05, 0) is 12.1 Å². The van der Waals surface area contributed by atoms with Gasteiger partial charge >= 0.3 is 10.2 Å². The van der Waals surface area contributed by atoms with E-state index >= 15 is 0 Å². The second-order valence-corrected chi connectivity index (χ2v) is 3.79. The molecule has 68 valence electrons. The Balaban J connectivity index is 2.87. The third-order valence-electron chi connectivity index (χ3n) is 1.65. The lowest BCUT2D eigenvalue weighted by atomic mass is 10.4. The minimum Gasteiger partial charge on any atom is -0.240 e. The zero-order valence-corrected chi connectivity index (χ0v) is 7.20. The van der Waals surface area contributed by atoms with Gasteiger partial charge in [-0.15, -0.1) is 3.89 Å². The Kier molecular flexibility index (Phi) is 1.59. The van der Waals surface area contributed by atoms with Crippen LogP contribution in [0.3, 0.4) is 0 Å². The van der Waals surface area contributed by atoms with Crippen molar-refractivity contribution in [3.63, 3.8) is 0 Å². The highest BCUT2D eigenvalue weighted by Gasteiger charge is 2.17. The van der Waals surface area contributed by atoms with Crippen LogP contribution in [0.1, 0.15) is 0 Å². The Hall–Kier alpha value is -1.43. The summed E-state index contributed by atoms with van der Waals surface area (Å²) in [6.45, 7) is 0. The summed E-state index contributed by atoms with van der Waals surface area (Å²) in [6, 6.07) is 4.78. The monoisotopic (exact) mass is 200 g/mol. The van der Waals surface area contributed by atoms with Gasteiger partial charge in [0.15, 0.2) is 0 Å². The van der Waals surface area contributed by atoms with Gasteiger partial charge in [0.05, 0.1) is 11.7 Å². The highest BCUT2D eigenvalue weighted by atomic mass is 32.3. The van der Waals surface area contributed by atoms with Gasteiger partial charge in [0.1, 0.15) is 4.90 Å². The molecule has 0 bridgehead atoms. The number of halogens is 1. The van der Waals surface area contributed by atoms with E-state index in [-0.39, 0.29) is 5.52 Å². The quantitative estimate of drug-likeness (QED) is 0.645. The molecule has 2 rings (SSSR count). The van der Waals surface area contributed by atoms with Gasteiger partial charge in [0, 0.05) is 6.20 Å². The summed E-state index contributed by atoms with van der Waals surface area (Å²) in [6.07, 6.45) is 2.54. The normalized spacial score (nSPS) is 12.1. The molecule has 0 saturated heterocycles. The highest BCUT2D eigenvalue weighted by molar-refractivity contribution is 7.86. The Morgan fingerprint density at radius 1 is 1.38 bits per heavy atom. The molecule has 0 aliphatic heterocycles. The predicted molar refractivity (Wildman–Crippen MR) is 43.5 cm³/mol. The third kappa shape index (κ3) is 1.29. The molecule has 2 aromatic heterocycles. The van der Waals surface area contributed by atoms with E-state index < -0.39 is 15.1 Å². The standard InChI is InChI=1S/C7H5FN2O2S/c8-13(11,12)7-5-9-10-4-2-1-3-6(7)10/h1-5H. The molecular weight excluding hydrogens is 195 g/mol. The van der Waals surface area contributed by atoms with E-state index in [0.29, 0.717) is 0 Å². The number of nitrogens with zero attached hydrogens (tertiary/aromatic N) is 2. The van der Waals surface area contributed by atoms with E-state index in [1.54, 1.807) is 18.3 Å². The Bertz CT molecular complexity index is 546. The minimum atomic E-state index is -4.67. The van der Waals surface area contributed by atoms with Crippen LogP contribution in [0.4, 0.5) is 3.89 Å². The molecule has 0 N–H and O–H groups in total. The fourth-order valence-corrected chi connectivity index (χ4v) is 1.68. The molecule has 0 radical (unpaired) electrons. The summed E-state index contributed by atoms with van der Waals surface area (Å²) in [5, 5.41) is 3.68. The first-order valence-electron chi connectivity index (χ1n) is 3.46. The molecule has 0 spiro atoms. The molecule has 2 aromatic rings. The minimum absolute atomic E-state index is 0.241. The smallest absolute Gasteiger partial charge is 0.240 e. The third-order valence-corrected chi connectivity index (χ3v) is 2.49. The number of rotatable bonds is 1. The van der Waals surface area contributed by atoms with Gasteiger partial charge < -0.3 is 0 Å². The Labute approximate surface area is 73.8 Å². The summed E-state index contributed by atoms with van der Waals surface area (Å²) in [5.41, 5.74) is 0.241. The van der Waals surface area contributed by atoms with Crippen molar-refractivity contribution in [2.75, 3.05) is 0 Å². The van der Waals surface area contributed by atoms with E-state index in [9.17, 15) is 12.3 Å². The van der Waals surface area contributed by atoms with Gasteiger partial charge in [-0.25, -0.2) is 4.52 Å². The van der Waals surface area contributed by atoms with E-state index in [1.165, 1.54) is 10.6 Å². The summed E-state index contributed by atoms with van der Waals surface area (Å²) >= 11 is 0. The molecule has 0 amide bonds. The van der Waals surface area contributed by atoms with Crippen LogP contribution < -0.4 is 0 Å². The lowest BCUT2D eigenvalue weighted by molar-refractivity contribution is 0.553. The summed E-state index contributed by atoms with van der Waals surface area (Å²) < 4.78 is 35.1. The van der Waals surface area contributed by atoms with Gasteiger partial charge in [-0.1, -0.05) is 6.07 Å². The average molecular weight is 200 g/mol. The number of fused-ring (bicyclic) bond motifs is 1. The molecule has 4 nitrogen and oxygen atoms in total. The van der Waals surface area contributed by atoms with Crippen molar-refractivity contribution in [3.05, 3.63) is 30.6 Å². The van der Waals surface area contributed by atoms with Crippen LogP contribution in [0, 0.1) is 0 Å². The molecule has 0 aliphatic carbocycles. The molecule has 0 fully saturated rings. The topological polar surface area (TPSA) is 51.4 Å². The zero-order valence-electron chi connectivity index (χ0n) is 6.38. The van der Waals surface area contributed by atoms with E-state index in [1.807, 2.05) is 0 Å². The van der Waals surface area contributed by atoms with Crippen molar-refractivity contribution < 1.29 is 12.3 Å². The van der Waals surface area contributed by atoms with Crippen LogP contribution in [0.15, 0.2) is 35.5 Å². The molecule has 0 unspecified atom stereocenters. The second kappa shape index (κ2) is 2.53. The van der Waals surface area contributed by atoms with Gasteiger partial charge in [-0.2, -0.15) is 13.5 Å². The number of aromatic nitrogens is 2. The van der Waals surface area contributed by atoms with E-state index in [0.717, 1.165) is 6.20 Å². The molecule has 0 saturated carbocycles. The summed E-state index contributed by atoms with van der Waals surface area (Å²) in [5.74, 6) is 0. The van der Waals surface area contributed by atoms with Crippen molar-refractivity contribution in [2.45, 2.75) is 4.90 Å². The van der Waals surface area contributed by atoms with Crippen LogP contribution >= 0.6 is 0 Å². The summed E-state index contributed by atoms with van der Waals surface area (Å²) in [4.78, 5) is -0.395. The lowest BCUT2D eigenvalue weighted by Gasteiger charge is -1.91. The Morgan fingerprint density at radius 2 is 2.15 bits per heavy atom. The maximum atomic E-state index is 12.6. The van der Waals surface area contributed by atoms with Crippen molar-refractivity contribution in [3.8, 4) is 0 Å². The van der Waals surface area contributed by atoms with Crippen LogP contribution in [-0.2, 0) is 10.2 Å². The van der Waals surface area contributed by atoms with Gasteiger partial charge in [0.25, 0.3) is 0 Å². The van der Waals surface area contributed by atoms with Crippen molar-refractivity contribution in [2.24, 2.45) is 0 Å². The van der Waals surface area contributed by atoms with Gasteiger partial charge in [-0.3, -0.25) is 0 Å². The Morgan fingerprint density at radius 3 is 2.85 bits per heavy atom. The van der Waals surface area contributed by atoms with E-state index in [2.05, 4.69) is 5.10 Å². The molecule has 0 aliphatic rings. The van der Waals surface area contributed by atoms with Crippen molar-refractivity contribution in [1.82, 2.24) is 9.61 Å².